The SMILES string of the molecule is C=CCC(/C=N/S(=O)(=O)c1ccc(C)cc1)(Sc1ccccc1)c1cccc(C)c1. The van der Waals surface area contributed by atoms with Crippen LogP contribution < -0.4 is 0 Å². The van der Waals surface area contributed by atoms with Gasteiger partial charge < -0.3 is 0 Å². The second-order valence-corrected chi connectivity index (χ2v) is 10.2. The van der Waals surface area contributed by atoms with Crippen molar-refractivity contribution in [3.63, 3.8) is 0 Å². The highest BCUT2D eigenvalue weighted by Crippen LogP contribution is 2.43. The number of thioether (sulfide) groups is 1. The zero-order valence-electron chi connectivity index (χ0n) is 17.2. The Morgan fingerprint density at radius 2 is 1.63 bits per heavy atom. The lowest BCUT2D eigenvalue weighted by Crippen LogP contribution is -2.24. The van der Waals surface area contributed by atoms with Crippen molar-refractivity contribution in [3.8, 4) is 0 Å². The van der Waals surface area contributed by atoms with Crippen molar-refractivity contribution in [2.75, 3.05) is 0 Å². The summed E-state index contributed by atoms with van der Waals surface area (Å²) in [6.07, 6.45) is 3.90. The highest BCUT2D eigenvalue weighted by molar-refractivity contribution is 8.01. The number of rotatable bonds is 8. The zero-order valence-corrected chi connectivity index (χ0v) is 18.8. The standard InChI is InChI=1S/C25H25NO2S2/c1-4-17-25(22-10-8-9-21(3)18-22,29-23-11-6-5-7-12-23)19-26-30(27,28)24-15-13-20(2)14-16-24/h4-16,18-19H,1,17H2,2-3H3/b26-19+. The third kappa shape index (κ3) is 5.29. The van der Waals surface area contributed by atoms with Gasteiger partial charge in [0.15, 0.2) is 0 Å². The summed E-state index contributed by atoms with van der Waals surface area (Å²) < 4.78 is 29.3. The van der Waals surface area contributed by atoms with Crippen LogP contribution in [-0.2, 0) is 14.8 Å². The van der Waals surface area contributed by atoms with Crippen molar-refractivity contribution in [1.29, 1.82) is 0 Å². The predicted molar refractivity (Wildman–Crippen MR) is 127 cm³/mol. The van der Waals surface area contributed by atoms with Crippen LogP contribution in [0.3, 0.4) is 0 Å². The van der Waals surface area contributed by atoms with E-state index in [0.29, 0.717) is 6.42 Å². The monoisotopic (exact) mass is 435 g/mol. The normalized spacial score (nSPS) is 13.8. The van der Waals surface area contributed by atoms with E-state index in [1.807, 2.05) is 68.5 Å². The van der Waals surface area contributed by atoms with Crippen LogP contribution in [0, 0.1) is 13.8 Å². The van der Waals surface area contributed by atoms with Gasteiger partial charge in [-0.25, -0.2) is 0 Å². The van der Waals surface area contributed by atoms with E-state index in [0.717, 1.165) is 21.6 Å². The van der Waals surface area contributed by atoms with Crippen molar-refractivity contribution in [2.24, 2.45) is 4.40 Å². The van der Waals surface area contributed by atoms with Crippen LogP contribution in [0.4, 0.5) is 0 Å². The quantitative estimate of drug-likeness (QED) is 0.236. The van der Waals surface area contributed by atoms with Gasteiger partial charge in [-0.3, -0.25) is 0 Å². The molecule has 0 saturated carbocycles. The van der Waals surface area contributed by atoms with Gasteiger partial charge in [0.25, 0.3) is 10.0 Å². The van der Waals surface area contributed by atoms with Gasteiger partial charge in [0.1, 0.15) is 0 Å². The van der Waals surface area contributed by atoms with Crippen molar-refractivity contribution in [3.05, 3.63) is 108 Å². The molecule has 0 radical (unpaired) electrons. The lowest BCUT2D eigenvalue weighted by atomic mass is 9.94. The summed E-state index contributed by atoms with van der Waals surface area (Å²) in [6.45, 7) is 7.87. The van der Waals surface area contributed by atoms with E-state index in [1.54, 1.807) is 42.2 Å². The molecule has 3 aromatic rings. The Balaban J connectivity index is 2.11. The van der Waals surface area contributed by atoms with E-state index in [4.69, 9.17) is 0 Å². The van der Waals surface area contributed by atoms with Crippen LogP contribution in [0.25, 0.3) is 0 Å². The van der Waals surface area contributed by atoms with Crippen molar-refractivity contribution in [1.82, 2.24) is 0 Å². The number of sulfonamides is 1. The molecule has 0 N–H and O–H groups in total. The van der Waals surface area contributed by atoms with Gasteiger partial charge >= 0.3 is 0 Å². The Morgan fingerprint density at radius 3 is 2.27 bits per heavy atom. The molecule has 0 aliphatic heterocycles. The molecule has 0 aliphatic rings. The highest BCUT2D eigenvalue weighted by atomic mass is 32.2. The summed E-state index contributed by atoms with van der Waals surface area (Å²) in [6, 6.07) is 24.8. The molecule has 0 aliphatic carbocycles. The minimum absolute atomic E-state index is 0.186. The molecule has 0 spiro atoms. The first-order valence-corrected chi connectivity index (χ1v) is 11.9. The molecule has 0 bridgehead atoms. The molecule has 154 valence electrons. The minimum atomic E-state index is -3.82. The van der Waals surface area contributed by atoms with Crippen molar-refractivity contribution in [2.45, 2.75) is 34.8 Å². The van der Waals surface area contributed by atoms with Crippen LogP contribution in [0.15, 0.2) is 106 Å². The lowest BCUT2D eigenvalue weighted by Gasteiger charge is -2.29. The largest absolute Gasteiger partial charge is 0.282 e. The van der Waals surface area contributed by atoms with Gasteiger partial charge in [0.2, 0.25) is 0 Å². The molecule has 0 fully saturated rings. The van der Waals surface area contributed by atoms with Crippen LogP contribution in [0.1, 0.15) is 23.1 Å². The van der Waals surface area contributed by atoms with E-state index < -0.39 is 14.8 Å². The van der Waals surface area contributed by atoms with E-state index in [1.165, 1.54) is 0 Å². The second-order valence-electron chi connectivity index (χ2n) is 7.19. The van der Waals surface area contributed by atoms with Crippen molar-refractivity contribution >= 4 is 28.0 Å². The number of aryl methyl sites for hydroxylation is 2. The minimum Gasteiger partial charge on any atom is -0.199 e. The van der Waals surface area contributed by atoms with Gasteiger partial charge in [0.05, 0.1) is 9.64 Å². The first kappa shape index (κ1) is 22.1. The van der Waals surface area contributed by atoms with E-state index in [9.17, 15) is 8.42 Å². The summed E-state index contributed by atoms with van der Waals surface area (Å²) in [5.41, 5.74) is 3.09. The van der Waals surface area contributed by atoms with Gasteiger partial charge in [-0.2, -0.15) is 12.8 Å². The molecule has 0 heterocycles. The van der Waals surface area contributed by atoms with Gasteiger partial charge in [0, 0.05) is 11.1 Å². The van der Waals surface area contributed by atoms with Gasteiger partial charge in [-0.05, 0) is 50.1 Å². The Labute approximate surface area is 183 Å². The summed E-state index contributed by atoms with van der Waals surface area (Å²) in [7, 11) is -3.82. The summed E-state index contributed by atoms with van der Waals surface area (Å²) in [5.74, 6) is 0. The van der Waals surface area contributed by atoms with Gasteiger partial charge in [-0.1, -0.05) is 71.8 Å². The molecular formula is C25H25NO2S2. The predicted octanol–water partition coefficient (Wildman–Crippen LogP) is 6.33. The van der Waals surface area contributed by atoms with Crippen LogP contribution in [0.2, 0.25) is 0 Å². The number of benzene rings is 3. The first-order valence-electron chi connectivity index (χ1n) is 9.65. The Morgan fingerprint density at radius 1 is 0.933 bits per heavy atom. The number of hydrogen-bond acceptors (Lipinski definition) is 3. The molecular weight excluding hydrogens is 410 g/mol. The number of allylic oxidation sites excluding steroid dienone is 1. The Hall–Kier alpha value is -2.63. The topological polar surface area (TPSA) is 46.5 Å². The maximum Gasteiger partial charge on any atom is 0.282 e. The molecule has 3 aromatic carbocycles. The van der Waals surface area contributed by atoms with E-state index in [2.05, 4.69) is 17.0 Å². The van der Waals surface area contributed by atoms with E-state index >= 15 is 0 Å². The van der Waals surface area contributed by atoms with E-state index in [-0.39, 0.29) is 4.90 Å². The molecule has 0 saturated heterocycles. The number of hydrogen-bond donors (Lipinski definition) is 0. The zero-order chi connectivity index (χ0) is 21.6. The Kier molecular flexibility index (Phi) is 6.95. The fourth-order valence-corrected chi connectivity index (χ4v) is 5.37. The molecule has 3 rings (SSSR count). The third-order valence-corrected chi connectivity index (χ3v) is 7.35. The highest BCUT2D eigenvalue weighted by Gasteiger charge is 2.32. The van der Waals surface area contributed by atoms with Crippen LogP contribution >= 0.6 is 11.8 Å². The molecule has 5 heteroatoms. The molecule has 1 unspecified atom stereocenters. The average Bonchev–Trinajstić information content (AvgIpc) is 2.73. The van der Waals surface area contributed by atoms with Crippen LogP contribution in [-0.4, -0.2) is 14.6 Å². The van der Waals surface area contributed by atoms with Gasteiger partial charge in [-0.15, -0.1) is 18.3 Å². The first-order chi connectivity index (χ1) is 14.3. The average molecular weight is 436 g/mol. The molecule has 30 heavy (non-hydrogen) atoms. The molecule has 0 amide bonds. The summed E-state index contributed by atoms with van der Waals surface area (Å²) in [5, 5.41) is 0. The third-order valence-electron chi connectivity index (χ3n) is 4.72. The molecule has 3 nitrogen and oxygen atoms in total. The maximum atomic E-state index is 12.9. The molecule has 1 atom stereocenters. The number of nitrogens with zero attached hydrogens (tertiary/aromatic N) is 1. The summed E-state index contributed by atoms with van der Waals surface area (Å²) >= 11 is 1.58. The smallest absolute Gasteiger partial charge is 0.199 e. The fourth-order valence-electron chi connectivity index (χ4n) is 3.12. The maximum absolute atomic E-state index is 12.9. The molecule has 0 aromatic heterocycles. The Bertz CT molecular complexity index is 1140. The second kappa shape index (κ2) is 9.45. The lowest BCUT2D eigenvalue weighted by molar-refractivity contribution is 0.598. The summed E-state index contributed by atoms with van der Waals surface area (Å²) in [4.78, 5) is 1.21. The van der Waals surface area contributed by atoms with Crippen LogP contribution in [0.5, 0.6) is 0 Å². The van der Waals surface area contributed by atoms with Crippen molar-refractivity contribution < 1.29 is 8.42 Å². The fraction of sp³-hybridized carbons (Fsp3) is 0.160.